The number of aryl methyl sites for hydroxylation is 1. The van der Waals surface area contributed by atoms with E-state index >= 15 is 0 Å². The van der Waals surface area contributed by atoms with Gasteiger partial charge in [0.1, 0.15) is 5.01 Å². The van der Waals surface area contributed by atoms with Gasteiger partial charge in [-0.15, -0.1) is 22.7 Å². The lowest BCUT2D eigenvalue weighted by molar-refractivity contribution is 0.0996. The third-order valence-electron chi connectivity index (χ3n) is 1.93. The minimum Gasteiger partial charge on any atom is -0.293 e. The van der Waals surface area contributed by atoms with Crippen LogP contribution in [0.4, 0.5) is 0 Å². The molecule has 0 N–H and O–H groups in total. The first-order valence-electron chi connectivity index (χ1n) is 4.34. The summed E-state index contributed by atoms with van der Waals surface area (Å²) in [5.41, 5.74) is 1.11. The summed E-state index contributed by atoms with van der Waals surface area (Å²) in [7, 11) is 0. The van der Waals surface area contributed by atoms with E-state index in [2.05, 4.69) is 20.9 Å². The molecule has 0 aliphatic carbocycles. The van der Waals surface area contributed by atoms with Crippen LogP contribution in [0.15, 0.2) is 21.4 Å². The SMILES string of the molecule is Cc1cc(C(=O)Cc2nccs2)sc1Br. The Kier molecular flexibility index (Phi) is 3.33. The van der Waals surface area contributed by atoms with E-state index in [-0.39, 0.29) is 5.78 Å². The highest BCUT2D eigenvalue weighted by molar-refractivity contribution is 9.11. The van der Waals surface area contributed by atoms with Crippen molar-refractivity contribution in [3.63, 3.8) is 0 Å². The minimum atomic E-state index is 0.142. The highest BCUT2D eigenvalue weighted by Gasteiger charge is 2.12. The minimum absolute atomic E-state index is 0.142. The van der Waals surface area contributed by atoms with E-state index in [4.69, 9.17) is 0 Å². The van der Waals surface area contributed by atoms with Crippen molar-refractivity contribution in [1.82, 2.24) is 4.98 Å². The van der Waals surface area contributed by atoms with Crippen LogP contribution in [-0.4, -0.2) is 10.8 Å². The molecule has 0 aliphatic rings. The molecule has 0 saturated carbocycles. The Balaban J connectivity index is 2.15. The Morgan fingerprint density at radius 2 is 2.40 bits per heavy atom. The summed E-state index contributed by atoms with van der Waals surface area (Å²) in [4.78, 5) is 16.7. The Morgan fingerprint density at radius 3 is 2.93 bits per heavy atom. The van der Waals surface area contributed by atoms with E-state index in [1.165, 1.54) is 22.7 Å². The van der Waals surface area contributed by atoms with E-state index in [1.807, 2.05) is 18.4 Å². The zero-order valence-corrected chi connectivity index (χ0v) is 11.2. The third-order valence-corrected chi connectivity index (χ3v) is 4.88. The first-order chi connectivity index (χ1) is 7.16. The molecule has 0 amide bonds. The first kappa shape index (κ1) is 11.0. The molecular weight excluding hydrogens is 294 g/mol. The maximum Gasteiger partial charge on any atom is 0.179 e. The average molecular weight is 302 g/mol. The lowest BCUT2D eigenvalue weighted by Crippen LogP contribution is -2.00. The number of hydrogen-bond donors (Lipinski definition) is 0. The number of halogens is 1. The lowest BCUT2D eigenvalue weighted by atomic mass is 10.2. The van der Waals surface area contributed by atoms with Gasteiger partial charge < -0.3 is 0 Å². The van der Waals surface area contributed by atoms with Crippen molar-refractivity contribution in [2.75, 3.05) is 0 Å². The molecule has 2 rings (SSSR count). The number of Topliss-reactive ketones (excluding diaryl/α,β-unsaturated/α-hetero) is 1. The van der Waals surface area contributed by atoms with Crippen LogP contribution in [0.5, 0.6) is 0 Å². The fraction of sp³-hybridized carbons (Fsp3) is 0.200. The second-order valence-corrected chi connectivity index (χ2v) is 6.44. The molecular formula is C10H8BrNOS2. The van der Waals surface area contributed by atoms with Crippen LogP contribution in [0.3, 0.4) is 0 Å². The largest absolute Gasteiger partial charge is 0.293 e. The highest BCUT2D eigenvalue weighted by Crippen LogP contribution is 2.28. The zero-order chi connectivity index (χ0) is 10.8. The van der Waals surface area contributed by atoms with Gasteiger partial charge in [-0.2, -0.15) is 0 Å². The number of carbonyl (C=O) groups excluding carboxylic acids is 1. The van der Waals surface area contributed by atoms with Gasteiger partial charge in [0.15, 0.2) is 5.78 Å². The molecule has 0 saturated heterocycles. The predicted octanol–water partition coefficient (Wildman–Crippen LogP) is 3.70. The topological polar surface area (TPSA) is 30.0 Å². The Bertz CT molecular complexity index is 456. The summed E-state index contributed by atoms with van der Waals surface area (Å²) >= 11 is 6.42. The monoisotopic (exact) mass is 301 g/mol. The van der Waals surface area contributed by atoms with Gasteiger partial charge in [0, 0.05) is 11.6 Å². The molecule has 0 aliphatic heterocycles. The lowest BCUT2D eigenvalue weighted by Gasteiger charge is -1.92. The van der Waals surface area contributed by atoms with Crippen molar-refractivity contribution in [3.05, 3.63) is 36.9 Å². The fourth-order valence-corrected chi connectivity index (χ4v) is 3.25. The number of thiazole rings is 1. The first-order valence-corrected chi connectivity index (χ1v) is 6.83. The summed E-state index contributed by atoms with van der Waals surface area (Å²) in [5.74, 6) is 0.142. The number of carbonyl (C=O) groups is 1. The standard InChI is InChI=1S/C10H8BrNOS2/c1-6-4-8(15-10(6)11)7(13)5-9-12-2-3-14-9/h2-4H,5H2,1H3. The van der Waals surface area contributed by atoms with Crippen LogP contribution in [0.1, 0.15) is 20.2 Å². The molecule has 0 aromatic carbocycles. The van der Waals surface area contributed by atoms with E-state index in [0.717, 1.165) is 19.2 Å². The fourth-order valence-electron chi connectivity index (χ4n) is 1.16. The number of nitrogens with zero attached hydrogens (tertiary/aromatic N) is 1. The molecule has 0 atom stereocenters. The van der Waals surface area contributed by atoms with Crippen molar-refractivity contribution in [2.24, 2.45) is 0 Å². The Labute approximate surface area is 104 Å². The molecule has 0 spiro atoms. The molecule has 0 fully saturated rings. The molecule has 78 valence electrons. The quantitative estimate of drug-likeness (QED) is 0.809. The van der Waals surface area contributed by atoms with Gasteiger partial charge in [0.2, 0.25) is 0 Å². The molecule has 2 nitrogen and oxygen atoms in total. The zero-order valence-electron chi connectivity index (χ0n) is 7.99. The summed E-state index contributed by atoms with van der Waals surface area (Å²) in [6.45, 7) is 1.99. The number of ketones is 1. The maximum absolute atomic E-state index is 11.8. The van der Waals surface area contributed by atoms with Crippen LogP contribution in [0, 0.1) is 6.92 Å². The normalized spacial score (nSPS) is 10.5. The maximum atomic E-state index is 11.8. The van der Waals surface area contributed by atoms with Gasteiger partial charge in [-0.1, -0.05) is 0 Å². The smallest absolute Gasteiger partial charge is 0.179 e. The molecule has 2 aromatic heterocycles. The van der Waals surface area contributed by atoms with E-state index < -0.39 is 0 Å². The molecule has 0 bridgehead atoms. The summed E-state index contributed by atoms with van der Waals surface area (Å²) in [6, 6.07) is 1.92. The van der Waals surface area contributed by atoms with Crippen molar-refractivity contribution in [2.45, 2.75) is 13.3 Å². The van der Waals surface area contributed by atoms with E-state index in [1.54, 1.807) is 6.20 Å². The van der Waals surface area contributed by atoms with Crippen molar-refractivity contribution in [1.29, 1.82) is 0 Å². The second-order valence-electron chi connectivity index (χ2n) is 3.09. The molecule has 0 unspecified atom stereocenters. The molecule has 5 heteroatoms. The average Bonchev–Trinajstić information content (AvgIpc) is 2.78. The molecule has 2 aromatic rings. The van der Waals surface area contributed by atoms with Gasteiger partial charge in [0.05, 0.1) is 15.1 Å². The van der Waals surface area contributed by atoms with Gasteiger partial charge in [0.25, 0.3) is 0 Å². The van der Waals surface area contributed by atoms with Gasteiger partial charge in [-0.3, -0.25) is 4.79 Å². The number of aromatic nitrogens is 1. The number of hydrogen-bond acceptors (Lipinski definition) is 4. The van der Waals surface area contributed by atoms with E-state index in [0.29, 0.717) is 6.42 Å². The van der Waals surface area contributed by atoms with Crippen LogP contribution < -0.4 is 0 Å². The van der Waals surface area contributed by atoms with Gasteiger partial charge in [-0.25, -0.2) is 4.98 Å². The third kappa shape index (κ3) is 2.53. The van der Waals surface area contributed by atoms with E-state index in [9.17, 15) is 4.79 Å². The Hall–Kier alpha value is -0.520. The molecule has 2 heterocycles. The highest BCUT2D eigenvalue weighted by atomic mass is 79.9. The number of thiophene rings is 1. The van der Waals surface area contributed by atoms with Crippen LogP contribution in [0.2, 0.25) is 0 Å². The van der Waals surface area contributed by atoms with Crippen LogP contribution in [0.25, 0.3) is 0 Å². The molecule has 0 radical (unpaired) electrons. The van der Waals surface area contributed by atoms with Gasteiger partial charge in [-0.05, 0) is 34.5 Å². The Morgan fingerprint density at radius 1 is 1.60 bits per heavy atom. The summed E-state index contributed by atoms with van der Waals surface area (Å²) in [5, 5.41) is 2.76. The summed E-state index contributed by atoms with van der Waals surface area (Å²) in [6.07, 6.45) is 2.13. The van der Waals surface area contributed by atoms with Crippen molar-refractivity contribution in [3.8, 4) is 0 Å². The van der Waals surface area contributed by atoms with Gasteiger partial charge >= 0.3 is 0 Å². The van der Waals surface area contributed by atoms with Crippen molar-refractivity contribution >= 4 is 44.4 Å². The predicted molar refractivity (Wildman–Crippen MR) is 66.9 cm³/mol. The summed E-state index contributed by atoms with van der Waals surface area (Å²) < 4.78 is 1.03. The van der Waals surface area contributed by atoms with Crippen molar-refractivity contribution < 1.29 is 4.79 Å². The number of rotatable bonds is 3. The van der Waals surface area contributed by atoms with Crippen LogP contribution >= 0.6 is 38.6 Å². The second kappa shape index (κ2) is 4.55. The molecule has 15 heavy (non-hydrogen) atoms. The van der Waals surface area contributed by atoms with Crippen LogP contribution in [-0.2, 0) is 6.42 Å².